The maximum absolute atomic E-state index is 6.11. The molecule has 0 fully saturated rings. The summed E-state index contributed by atoms with van der Waals surface area (Å²) in [5.41, 5.74) is 9.91. The molecule has 0 aromatic heterocycles. The highest BCUT2D eigenvalue weighted by Gasteiger charge is 2.27. The van der Waals surface area contributed by atoms with E-state index in [1.165, 1.54) is 16.7 Å². The van der Waals surface area contributed by atoms with Crippen LogP contribution in [0.1, 0.15) is 78.5 Å². The van der Waals surface area contributed by atoms with Crippen LogP contribution in [0.15, 0.2) is 12.1 Å². The molecular weight excluding hydrogens is 282 g/mol. The van der Waals surface area contributed by atoms with Crippen LogP contribution in [-0.4, -0.2) is 13.2 Å². The van der Waals surface area contributed by atoms with Gasteiger partial charge in [-0.3, -0.25) is 0 Å². The Morgan fingerprint density at radius 3 is 1.83 bits per heavy atom. The van der Waals surface area contributed by atoms with Gasteiger partial charge in [-0.05, 0) is 48.6 Å². The van der Waals surface area contributed by atoms with Gasteiger partial charge in [-0.2, -0.15) is 0 Å². The smallest absolute Gasteiger partial charge is 0.126 e. The molecule has 0 spiro atoms. The topological polar surface area (TPSA) is 35.2 Å². The van der Waals surface area contributed by atoms with Crippen LogP contribution in [0.5, 0.6) is 5.75 Å². The van der Waals surface area contributed by atoms with Crippen molar-refractivity contribution in [3.63, 3.8) is 0 Å². The molecule has 1 aromatic carbocycles. The molecule has 0 saturated carbocycles. The average molecular weight is 320 g/mol. The van der Waals surface area contributed by atoms with E-state index in [4.69, 9.17) is 10.5 Å². The maximum Gasteiger partial charge on any atom is 0.126 e. The van der Waals surface area contributed by atoms with Gasteiger partial charge in [-0.15, -0.1) is 0 Å². The van der Waals surface area contributed by atoms with Crippen molar-refractivity contribution in [2.75, 3.05) is 13.2 Å². The molecular formula is C21H37NO. The second-order valence-electron chi connectivity index (χ2n) is 8.84. The molecule has 0 aliphatic carbocycles. The molecule has 0 radical (unpaired) electrons. The molecule has 2 nitrogen and oxygen atoms in total. The highest BCUT2D eigenvalue weighted by Crippen LogP contribution is 2.41. The van der Waals surface area contributed by atoms with E-state index in [2.05, 4.69) is 67.5 Å². The van der Waals surface area contributed by atoms with Crippen molar-refractivity contribution in [3.8, 4) is 5.75 Å². The standard InChI is InChI=1S/C21H37NO/c1-9-23-19-17(20(3,4)5)13-16(12-15(2)10-11-22)14-18(19)21(6,7)8/h13-15H,9-12,22H2,1-8H3. The van der Waals surface area contributed by atoms with Gasteiger partial charge in [0.05, 0.1) is 6.61 Å². The molecule has 0 amide bonds. The number of nitrogens with two attached hydrogens (primary N) is 1. The highest BCUT2D eigenvalue weighted by molar-refractivity contribution is 5.51. The van der Waals surface area contributed by atoms with Gasteiger partial charge in [0.15, 0.2) is 0 Å². The van der Waals surface area contributed by atoms with Gasteiger partial charge in [0.2, 0.25) is 0 Å². The maximum atomic E-state index is 6.11. The van der Waals surface area contributed by atoms with Crippen LogP contribution in [-0.2, 0) is 17.3 Å². The second kappa shape index (κ2) is 7.70. The lowest BCUT2D eigenvalue weighted by atomic mass is 9.77. The summed E-state index contributed by atoms with van der Waals surface area (Å²) in [5, 5.41) is 0. The summed E-state index contributed by atoms with van der Waals surface area (Å²) in [6.07, 6.45) is 2.15. The zero-order valence-electron chi connectivity index (χ0n) is 16.5. The van der Waals surface area contributed by atoms with Gasteiger partial charge in [0.25, 0.3) is 0 Å². The molecule has 1 rings (SSSR count). The predicted molar refractivity (Wildman–Crippen MR) is 102 cm³/mol. The van der Waals surface area contributed by atoms with Crippen molar-refractivity contribution in [2.45, 2.75) is 79.1 Å². The molecule has 0 bridgehead atoms. The third-order valence-electron chi connectivity index (χ3n) is 4.30. The van der Waals surface area contributed by atoms with Crippen LogP contribution in [0, 0.1) is 5.92 Å². The minimum atomic E-state index is 0.0671. The van der Waals surface area contributed by atoms with Gasteiger partial charge < -0.3 is 10.5 Å². The summed E-state index contributed by atoms with van der Waals surface area (Å²) in [6.45, 7) is 19.4. The molecule has 0 saturated heterocycles. The number of benzene rings is 1. The summed E-state index contributed by atoms with van der Waals surface area (Å²) >= 11 is 0. The Morgan fingerprint density at radius 2 is 1.48 bits per heavy atom. The molecule has 0 aliphatic heterocycles. The van der Waals surface area contributed by atoms with Crippen molar-refractivity contribution >= 4 is 0 Å². The van der Waals surface area contributed by atoms with Crippen LogP contribution >= 0.6 is 0 Å². The molecule has 23 heavy (non-hydrogen) atoms. The Bertz CT molecular complexity index is 471. The van der Waals surface area contributed by atoms with Crippen molar-refractivity contribution < 1.29 is 4.74 Å². The first-order valence-corrected chi connectivity index (χ1v) is 9.01. The van der Waals surface area contributed by atoms with E-state index in [1.807, 2.05) is 0 Å². The highest BCUT2D eigenvalue weighted by atomic mass is 16.5. The van der Waals surface area contributed by atoms with Crippen LogP contribution in [0.3, 0.4) is 0 Å². The third-order valence-corrected chi connectivity index (χ3v) is 4.30. The summed E-state index contributed by atoms with van der Waals surface area (Å²) in [6, 6.07) is 4.71. The normalized spacial score (nSPS) is 14.0. The minimum absolute atomic E-state index is 0.0671. The minimum Gasteiger partial charge on any atom is -0.493 e. The van der Waals surface area contributed by atoms with E-state index < -0.39 is 0 Å². The Kier molecular flexibility index (Phi) is 6.70. The molecule has 1 atom stereocenters. The monoisotopic (exact) mass is 319 g/mol. The largest absolute Gasteiger partial charge is 0.493 e. The van der Waals surface area contributed by atoms with Crippen LogP contribution < -0.4 is 10.5 Å². The fourth-order valence-corrected chi connectivity index (χ4v) is 3.01. The average Bonchev–Trinajstić information content (AvgIpc) is 2.38. The number of hydrogen-bond donors (Lipinski definition) is 1. The quantitative estimate of drug-likeness (QED) is 0.781. The van der Waals surface area contributed by atoms with E-state index >= 15 is 0 Å². The second-order valence-corrected chi connectivity index (χ2v) is 8.84. The van der Waals surface area contributed by atoms with Gasteiger partial charge in [-0.25, -0.2) is 0 Å². The first kappa shape index (κ1) is 20.0. The number of rotatable bonds is 6. The number of ether oxygens (including phenoxy) is 1. The van der Waals surface area contributed by atoms with E-state index in [0.717, 1.165) is 25.1 Å². The van der Waals surface area contributed by atoms with E-state index in [9.17, 15) is 0 Å². The summed E-state index contributed by atoms with van der Waals surface area (Å²) in [5.74, 6) is 1.70. The van der Waals surface area contributed by atoms with E-state index in [0.29, 0.717) is 12.5 Å². The van der Waals surface area contributed by atoms with Crippen molar-refractivity contribution in [3.05, 3.63) is 28.8 Å². The fourth-order valence-electron chi connectivity index (χ4n) is 3.01. The number of hydrogen-bond acceptors (Lipinski definition) is 2. The van der Waals surface area contributed by atoms with Gasteiger partial charge in [0, 0.05) is 11.1 Å². The van der Waals surface area contributed by atoms with E-state index in [-0.39, 0.29) is 10.8 Å². The molecule has 0 heterocycles. The Hall–Kier alpha value is -1.02. The van der Waals surface area contributed by atoms with Crippen LogP contribution in [0.25, 0.3) is 0 Å². The fraction of sp³-hybridized carbons (Fsp3) is 0.714. The molecule has 2 N–H and O–H groups in total. The Balaban J connectivity index is 3.46. The predicted octanol–water partition coefficient (Wildman–Crippen LogP) is 5.21. The Labute approximate surface area is 143 Å². The van der Waals surface area contributed by atoms with Gasteiger partial charge in [-0.1, -0.05) is 60.6 Å². The van der Waals surface area contributed by atoms with Crippen molar-refractivity contribution in [1.82, 2.24) is 0 Å². The first-order chi connectivity index (χ1) is 10.5. The molecule has 0 aliphatic rings. The lowest BCUT2D eigenvalue weighted by Crippen LogP contribution is -2.21. The van der Waals surface area contributed by atoms with Gasteiger partial charge >= 0.3 is 0 Å². The van der Waals surface area contributed by atoms with Gasteiger partial charge in [0.1, 0.15) is 5.75 Å². The first-order valence-electron chi connectivity index (χ1n) is 9.01. The third kappa shape index (κ3) is 5.53. The summed E-state index contributed by atoms with van der Waals surface area (Å²) in [4.78, 5) is 0. The summed E-state index contributed by atoms with van der Waals surface area (Å²) in [7, 11) is 0. The molecule has 1 unspecified atom stereocenters. The lowest BCUT2D eigenvalue weighted by Gasteiger charge is -2.31. The Morgan fingerprint density at radius 1 is 1.00 bits per heavy atom. The SMILES string of the molecule is CCOc1c(C(C)(C)C)cc(CC(C)CCN)cc1C(C)(C)C. The zero-order valence-corrected chi connectivity index (χ0v) is 16.5. The zero-order chi connectivity index (χ0) is 17.8. The molecule has 2 heteroatoms. The molecule has 132 valence electrons. The van der Waals surface area contributed by atoms with Crippen LogP contribution in [0.4, 0.5) is 0 Å². The van der Waals surface area contributed by atoms with Crippen molar-refractivity contribution in [1.29, 1.82) is 0 Å². The van der Waals surface area contributed by atoms with E-state index in [1.54, 1.807) is 0 Å². The van der Waals surface area contributed by atoms with Crippen LogP contribution in [0.2, 0.25) is 0 Å². The summed E-state index contributed by atoms with van der Waals surface area (Å²) < 4.78 is 6.11. The lowest BCUT2D eigenvalue weighted by molar-refractivity contribution is 0.319. The van der Waals surface area contributed by atoms with Crippen molar-refractivity contribution in [2.24, 2.45) is 11.7 Å². The molecule has 1 aromatic rings.